The lowest BCUT2D eigenvalue weighted by molar-refractivity contribution is 0.0660. The number of aromatic carboxylic acids is 1. The minimum atomic E-state index is -1.05. The van der Waals surface area contributed by atoms with Crippen LogP contribution in [0.3, 0.4) is 0 Å². The number of furan rings is 1. The van der Waals surface area contributed by atoms with E-state index in [1.807, 2.05) is 24.5 Å². The van der Waals surface area contributed by atoms with Crippen LogP contribution in [0, 0.1) is 0 Å². The van der Waals surface area contributed by atoms with Gasteiger partial charge in [0.15, 0.2) is 0 Å². The Balaban J connectivity index is 1.96. The molecule has 78 valence electrons. The van der Waals surface area contributed by atoms with Crippen molar-refractivity contribution in [2.24, 2.45) is 0 Å². The molecule has 0 aliphatic rings. The Morgan fingerprint density at radius 2 is 2.13 bits per heavy atom. The summed E-state index contributed by atoms with van der Waals surface area (Å²) < 4.78 is 6.83. The van der Waals surface area contributed by atoms with Crippen LogP contribution < -0.4 is 5.43 Å². The monoisotopic (exact) mass is 206 g/mol. The van der Waals surface area contributed by atoms with Crippen molar-refractivity contribution in [3.63, 3.8) is 0 Å². The van der Waals surface area contributed by atoms with Crippen LogP contribution in [0.2, 0.25) is 0 Å². The van der Waals surface area contributed by atoms with E-state index in [2.05, 4.69) is 5.43 Å². The van der Waals surface area contributed by atoms with Gasteiger partial charge in [-0.1, -0.05) is 0 Å². The maximum Gasteiger partial charge on any atom is 0.371 e. The number of carboxylic acids is 1. The molecule has 0 saturated carbocycles. The second kappa shape index (κ2) is 3.91. The Hall–Kier alpha value is -2.17. The summed E-state index contributed by atoms with van der Waals surface area (Å²) in [6.07, 6.45) is 3.70. The summed E-state index contributed by atoms with van der Waals surface area (Å²) in [7, 11) is 0. The molecule has 0 aromatic carbocycles. The highest BCUT2D eigenvalue weighted by atomic mass is 16.4. The SMILES string of the molecule is O=C(O)c1ccc(CNn2cccc2)o1. The van der Waals surface area contributed by atoms with E-state index in [1.165, 1.54) is 6.07 Å². The summed E-state index contributed by atoms with van der Waals surface area (Å²) in [6.45, 7) is 0.446. The Bertz CT molecular complexity index is 445. The molecule has 2 aromatic rings. The van der Waals surface area contributed by atoms with Gasteiger partial charge in [0.1, 0.15) is 5.76 Å². The topological polar surface area (TPSA) is 67.4 Å². The molecule has 0 radical (unpaired) electrons. The number of hydrogen-bond acceptors (Lipinski definition) is 3. The van der Waals surface area contributed by atoms with Crippen molar-refractivity contribution in [2.75, 3.05) is 5.43 Å². The van der Waals surface area contributed by atoms with Gasteiger partial charge in [-0.05, 0) is 24.3 Å². The predicted molar refractivity (Wildman–Crippen MR) is 53.2 cm³/mol. The lowest BCUT2D eigenvalue weighted by atomic mass is 10.4. The second-order valence-corrected chi connectivity index (χ2v) is 3.00. The fourth-order valence-corrected chi connectivity index (χ4v) is 1.20. The molecule has 0 amide bonds. The standard InChI is InChI=1S/C10H10N2O3/c13-10(14)9-4-3-8(15-9)7-11-12-5-1-2-6-12/h1-6,11H,7H2,(H,13,14). The Kier molecular flexibility index (Phi) is 2.45. The summed E-state index contributed by atoms with van der Waals surface area (Å²) in [5.74, 6) is -0.511. The third kappa shape index (κ3) is 2.19. The molecule has 0 unspecified atom stereocenters. The number of hydrogen-bond donors (Lipinski definition) is 2. The summed E-state index contributed by atoms with van der Waals surface area (Å²) >= 11 is 0. The average Bonchev–Trinajstić information content (AvgIpc) is 2.86. The molecule has 0 aliphatic carbocycles. The second-order valence-electron chi connectivity index (χ2n) is 3.00. The lowest BCUT2D eigenvalue weighted by Gasteiger charge is -2.04. The zero-order chi connectivity index (χ0) is 10.7. The van der Waals surface area contributed by atoms with Crippen LogP contribution in [0.15, 0.2) is 41.1 Å². The highest BCUT2D eigenvalue weighted by Gasteiger charge is 2.08. The molecule has 2 aromatic heterocycles. The van der Waals surface area contributed by atoms with Crippen LogP contribution in [0.25, 0.3) is 0 Å². The van der Waals surface area contributed by atoms with Crippen LogP contribution in [0.5, 0.6) is 0 Å². The van der Waals surface area contributed by atoms with Crippen molar-refractivity contribution in [2.45, 2.75) is 6.54 Å². The molecule has 5 heteroatoms. The van der Waals surface area contributed by atoms with Crippen molar-refractivity contribution >= 4 is 5.97 Å². The van der Waals surface area contributed by atoms with Crippen molar-refractivity contribution in [1.29, 1.82) is 0 Å². The maximum absolute atomic E-state index is 10.5. The number of carbonyl (C=O) groups is 1. The third-order valence-electron chi connectivity index (χ3n) is 1.91. The predicted octanol–water partition coefficient (Wildman–Crippen LogP) is 1.52. The van der Waals surface area contributed by atoms with Gasteiger partial charge >= 0.3 is 5.97 Å². The summed E-state index contributed by atoms with van der Waals surface area (Å²) in [5, 5.41) is 8.63. The van der Waals surface area contributed by atoms with E-state index in [1.54, 1.807) is 10.7 Å². The van der Waals surface area contributed by atoms with Crippen molar-refractivity contribution in [3.05, 3.63) is 48.2 Å². The first kappa shape index (κ1) is 9.39. The normalized spacial score (nSPS) is 10.1. The van der Waals surface area contributed by atoms with Gasteiger partial charge in [-0.15, -0.1) is 0 Å². The van der Waals surface area contributed by atoms with Crippen LogP contribution in [-0.4, -0.2) is 15.8 Å². The van der Waals surface area contributed by atoms with E-state index >= 15 is 0 Å². The molecular weight excluding hydrogens is 196 g/mol. The first-order valence-electron chi connectivity index (χ1n) is 4.44. The van der Waals surface area contributed by atoms with Gasteiger partial charge in [0.2, 0.25) is 5.76 Å². The summed E-state index contributed by atoms with van der Waals surface area (Å²) in [4.78, 5) is 10.5. The van der Waals surface area contributed by atoms with Gasteiger partial charge in [-0.25, -0.2) is 4.79 Å². The molecule has 0 fully saturated rings. The van der Waals surface area contributed by atoms with Gasteiger partial charge in [0.05, 0.1) is 6.54 Å². The number of carboxylic acid groups (broad SMARTS) is 1. The summed E-state index contributed by atoms with van der Waals surface area (Å²) in [6, 6.07) is 6.85. The Labute approximate surface area is 85.9 Å². The number of rotatable bonds is 4. The van der Waals surface area contributed by atoms with Crippen molar-refractivity contribution in [3.8, 4) is 0 Å². The third-order valence-corrected chi connectivity index (χ3v) is 1.91. The van der Waals surface area contributed by atoms with Gasteiger partial charge in [-0.2, -0.15) is 0 Å². The molecule has 0 atom stereocenters. The minimum Gasteiger partial charge on any atom is -0.475 e. The first-order chi connectivity index (χ1) is 7.25. The largest absolute Gasteiger partial charge is 0.475 e. The molecule has 0 spiro atoms. The van der Waals surface area contributed by atoms with E-state index in [4.69, 9.17) is 9.52 Å². The highest BCUT2D eigenvalue weighted by Crippen LogP contribution is 2.07. The molecule has 2 rings (SSSR count). The molecule has 0 bridgehead atoms. The summed E-state index contributed by atoms with van der Waals surface area (Å²) in [5.41, 5.74) is 3.02. The molecule has 2 N–H and O–H groups in total. The molecule has 0 aliphatic heterocycles. The molecule has 5 nitrogen and oxygen atoms in total. The van der Waals surface area contributed by atoms with E-state index in [9.17, 15) is 4.79 Å². The van der Waals surface area contributed by atoms with E-state index in [0.717, 1.165) is 0 Å². The van der Waals surface area contributed by atoms with Gasteiger partial charge in [0.25, 0.3) is 0 Å². The Morgan fingerprint density at radius 1 is 1.40 bits per heavy atom. The quantitative estimate of drug-likeness (QED) is 0.795. The number of nitrogens with zero attached hydrogens (tertiary/aromatic N) is 1. The zero-order valence-electron chi connectivity index (χ0n) is 7.88. The van der Waals surface area contributed by atoms with E-state index in [-0.39, 0.29) is 5.76 Å². The van der Waals surface area contributed by atoms with Crippen LogP contribution in [0.1, 0.15) is 16.3 Å². The maximum atomic E-state index is 10.5. The molecule has 0 saturated heterocycles. The molecular formula is C10H10N2O3. The average molecular weight is 206 g/mol. The highest BCUT2D eigenvalue weighted by molar-refractivity contribution is 5.84. The number of nitrogens with one attached hydrogen (secondary N) is 1. The molecule has 2 heterocycles. The smallest absolute Gasteiger partial charge is 0.371 e. The van der Waals surface area contributed by atoms with Gasteiger partial charge < -0.3 is 14.9 Å². The van der Waals surface area contributed by atoms with Gasteiger partial charge in [-0.3, -0.25) is 4.68 Å². The van der Waals surface area contributed by atoms with Crippen molar-refractivity contribution in [1.82, 2.24) is 4.68 Å². The first-order valence-corrected chi connectivity index (χ1v) is 4.44. The fraction of sp³-hybridized carbons (Fsp3) is 0.100. The Morgan fingerprint density at radius 3 is 2.73 bits per heavy atom. The molecule has 15 heavy (non-hydrogen) atoms. The minimum absolute atomic E-state index is 0.0423. The zero-order valence-corrected chi connectivity index (χ0v) is 7.88. The van der Waals surface area contributed by atoms with Crippen LogP contribution in [0.4, 0.5) is 0 Å². The fourth-order valence-electron chi connectivity index (χ4n) is 1.20. The van der Waals surface area contributed by atoms with E-state index < -0.39 is 5.97 Å². The van der Waals surface area contributed by atoms with Crippen LogP contribution in [-0.2, 0) is 6.54 Å². The van der Waals surface area contributed by atoms with E-state index in [0.29, 0.717) is 12.3 Å². The van der Waals surface area contributed by atoms with Crippen LogP contribution >= 0.6 is 0 Å². The van der Waals surface area contributed by atoms with Crippen molar-refractivity contribution < 1.29 is 14.3 Å². The lowest BCUT2D eigenvalue weighted by Crippen LogP contribution is -2.11. The van der Waals surface area contributed by atoms with Gasteiger partial charge in [0, 0.05) is 12.4 Å². The number of aromatic nitrogens is 1.